The number of nitrogens with zero attached hydrogens (tertiary/aromatic N) is 2. The van der Waals surface area contributed by atoms with Gasteiger partial charge in [-0.2, -0.15) is 16.7 Å². The van der Waals surface area contributed by atoms with E-state index in [9.17, 15) is 14.4 Å². The van der Waals surface area contributed by atoms with E-state index in [0.29, 0.717) is 22.5 Å². The van der Waals surface area contributed by atoms with Gasteiger partial charge in [-0.25, -0.2) is 4.79 Å². The quantitative estimate of drug-likeness (QED) is 0.391. The minimum Gasteiger partial charge on any atom is -0.444 e. The van der Waals surface area contributed by atoms with Crippen molar-refractivity contribution in [3.63, 3.8) is 0 Å². The van der Waals surface area contributed by atoms with Gasteiger partial charge in [0.15, 0.2) is 3.95 Å². The maximum Gasteiger partial charge on any atom is 0.423 e. The van der Waals surface area contributed by atoms with Gasteiger partial charge in [0.2, 0.25) is 11.0 Å². The normalized spacial score (nSPS) is 12.8. The number of nitrogens with one attached hydrogen (secondary N) is 2. The van der Waals surface area contributed by atoms with E-state index in [-0.39, 0.29) is 17.7 Å². The summed E-state index contributed by atoms with van der Waals surface area (Å²) < 4.78 is 5.67. The van der Waals surface area contributed by atoms with Gasteiger partial charge in [0.25, 0.3) is 5.91 Å². The number of aromatic amines is 1. The third kappa shape index (κ3) is 8.54. The van der Waals surface area contributed by atoms with Crippen molar-refractivity contribution in [2.75, 3.05) is 16.9 Å². The lowest BCUT2D eigenvalue weighted by Gasteiger charge is -2.25. The maximum absolute atomic E-state index is 13.5. The lowest BCUT2D eigenvalue weighted by Crippen LogP contribution is -2.54. The molecule has 2 rings (SSSR count). The number of nitrogens with two attached hydrogens (primary N) is 1. The number of hydrogen-bond donors (Lipinski definition) is 3. The van der Waals surface area contributed by atoms with E-state index in [4.69, 9.17) is 22.7 Å². The van der Waals surface area contributed by atoms with E-state index in [1.165, 1.54) is 11.8 Å². The van der Waals surface area contributed by atoms with Crippen LogP contribution in [0.3, 0.4) is 0 Å². The molecule has 12 heteroatoms. The van der Waals surface area contributed by atoms with E-state index in [0.717, 1.165) is 21.8 Å². The second-order valence-corrected chi connectivity index (χ2v) is 10.3. The van der Waals surface area contributed by atoms with E-state index < -0.39 is 30.0 Å². The molecule has 0 unspecified atom stereocenters. The number of amides is 3. The minimum atomic E-state index is -0.982. The molecule has 0 saturated carbocycles. The van der Waals surface area contributed by atoms with Gasteiger partial charge in [-0.05, 0) is 48.5 Å². The molecule has 0 fully saturated rings. The average Bonchev–Trinajstić information content (AvgIpc) is 3.20. The van der Waals surface area contributed by atoms with Crippen molar-refractivity contribution in [3.8, 4) is 0 Å². The fraction of sp³-hybridized carbons (Fsp3) is 0.476. The molecule has 9 nitrogen and oxygen atoms in total. The van der Waals surface area contributed by atoms with Crippen molar-refractivity contribution in [2.24, 2.45) is 11.7 Å². The molecule has 0 radical (unpaired) electrons. The van der Waals surface area contributed by atoms with Crippen LogP contribution in [-0.4, -0.2) is 52.2 Å². The number of carbonyl (C=O) groups excluding carboxylic acids is 3. The molecule has 3 amide bonds. The molecule has 33 heavy (non-hydrogen) atoms. The molecular formula is C21H29N5O4S3. The fourth-order valence-electron chi connectivity index (χ4n) is 2.91. The summed E-state index contributed by atoms with van der Waals surface area (Å²) in [5, 5.41) is 9.29. The summed E-state index contributed by atoms with van der Waals surface area (Å²) in [7, 11) is 0. The average molecular weight is 512 g/mol. The van der Waals surface area contributed by atoms with Crippen molar-refractivity contribution in [1.29, 1.82) is 0 Å². The molecule has 0 saturated heterocycles. The summed E-state index contributed by atoms with van der Waals surface area (Å²) in [4.78, 5) is 39.9. The Morgan fingerprint density at radius 1 is 1.30 bits per heavy atom. The highest BCUT2D eigenvalue weighted by molar-refractivity contribution is 7.98. The van der Waals surface area contributed by atoms with Crippen molar-refractivity contribution in [2.45, 2.75) is 45.4 Å². The number of aromatic nitrogens is 2. The number of rotatable bonds is 11. The summed E-state index contributed by atoms with van der Waals surface area (Å²) in [6.45, 7) is 3.89. The van der Waals surface area contributed by atoms with Crippen molar-refractivity contribution >= 4 is 58.4 Å². The molecule has 0 aliphatic rings. The first kappa shape index (κ1) is 27.0. The number of benzene rings is 1. The highest BCUT2D eigenvalue weighted by Gasteiger charge is 2.35. The molecule has 0 aliphatic carbocycles. The van der Waals surface area contributed by atoms with E-state index >= 15 is 0 Å². The first-order chi connectivity index (χ1) is 15.7. The van der Waals surface area contributed by atoms with Gasteiger partial charge in [0.05, 0.1) is 6.04 Å². The van der Waals surface area contributed by atoms with Crippen LogP contribution in [0.4, 0.5) is 9.93 Å². The maximum atomic E-state index is 13.5. The zero-order chi connectivity index (χ0) is 24.4. The smallest absolute Gasteiger partial charge is 0.423 e. The van der Waals surface area contributed by atoms with Crippen LogP contribution < -0.4 is 16.0 Å². The molecular weight excluding hydrogens is 482 g/mol. The molecule has 180 valence electrons. The number of H-pyrrole nitrogens is 1. The Labute approximate surface area is 206 Å². The molecule has 1 aromatic carbocycles. The third-order valence-corrected chi connectivity index (χ3v) is 6.23. The van der Waals surface area contributed by atoms with Gasteiger partial charge in [-0.3, -0.25) is 14.7 Å². The van der Waals surface area contributed by atoms with Crippen molar-refractivity contribution in [1.82, 2.24) is 15.5 Å². The third-order valence-electron chi connectivity index (χ3n) is 4.51. The Morgan fingerprint density at radius 2 is 2.00 bits per heavy atom. The number of anilines is 1. The van der Waals surface area contributed by atoms with Crippen LogP contribution in [0.15, 0.2) is 30.3 Å². The van der Waals surface area contributed by atoms with E-state index in [1.807, 2.05) is 38.3 Å². The summed E-state index contributed by atoms with van der Waals surface area (Å²) in [6, 6.07) is 7.34. The number of ether oxygens (including phenoxy) is 1. The first-order valence-electron chi connectivity index (χ1n) is 10.4. The molecule has 0 spiro atoms. The van der Waals surface area contributed by atoms with Crippen LogP contribution in [-0.2, 0) is 20.9 Å². The van der Waals surface area contributed by atoms with Gasteiger partial charge in [0.1, 0.15) is 12.6 Å². The van der Waals surface area contributed by atoms with Gasteiger partial charge < -0.3 is 15.8 Å². The Bertz CT molecular complexity index is 980. The lowest BCUT2D eigenvalue weighted by molar-refractivity contribution is -0.128. The van der Waals surface area contributed by atoms with E-state index in [1.54, 1.807) is 12.1 Å². The summed E-state index contributed by atoms with van der Waals surface area (Å²) in [6.07, 6.45) is 1.76. The van der Waals surface area contributed by atoms with Crippen molar-refractivity contribution in [3.05, 3.63) is 39.8 Å². The van der Waals surface area contributed by atoms with Crippen molar-refractivity contribution < 1.29 is 19.1 Å². The Morgan fingerprint density at radius 3 is 2.58 bits per heavy atom. The Balaban J connectivity index is 2.25. The predicted octanol–water partition coefficient (Wildman–Crippen LogP) is 3.48. The molecule has 2 aromatic rings. The van der Waals surface area contributed by atoms with Gasteiger partial charge in [0, 0.05) is 0 Å². The van der Waals surface area contributed by atoms with Crippen LogP contribution in [0.5, 0.6) is 0 Å². The lowest BCUT2D eigenvalue weighted by atomic mass is 10.0. The largest absolute Gasteiger partial charge is 0.444 e. The minimum absolute atomic E-state index is 0.0274. The molecule has 2 atom stereocenters. The zero-order valence-corrected chi connectivity index (χ0v) is 21.2. The van der Waals surface area contributed by atoms with Gasteiger partial charge in [-0.1, -0.05) is 55.5 Å². The first-order valence-corrected chi connectivity index (χ1v) is 13.0. The molecule has 0 aliphatic heterocycles. The van der Waals surface area contributed by atoms with Crippen LogP contribution in [0.1, 0.15) is 32.3 Å². The molecule has 1 aromatic heterocycles. The zero-order valence-electron chi connectivity index (χ0n) is 18.8. The number of thioether (sulfide) groups is 1. The fourth-order valence-corrected chi connectivity index (χ4v) is 4.25. The SMILES string of the molecule is CSCC[C@H](NC(=O)[C@@H](N)CC(C)C)C(=O)N(C(=O)OCc1ccccc1)c1n[nH]c(=S)s1. The Hall–Kier alpha value is -2.28. The molecule has 1 heterocycles. The van der Waals surface area contributed by atoms with E-state index in [2.05, 4.69) is 15.5 Å². The van der Waals surface area contributed by atoms with Crippen LogP contribution >= 0.6 is 35.3 Å². The number of carbonyl (C=O) groups is 3. The number of hydrogen-bond acceptors (Lipinski definition) is 9. The summed E-state index contributed by atoms with van der Waals surface area (Å²) in [5.41, 5.74) is 6.76. The van der Waals surface area contributed by atoms with Gasteiger partial charge in [-0.15, -0.1) is 5.10 Å². The number of imide groups is 1. The standard InChI is InChI=1S/C21H29N5O4S3/c1-13(2)11-15(22)17(27)23-16(9-10-32-3)18(28)26(19-24-25-20(31)33-19)21(29)30-12-14-7-5-4-6-8-14/h4-8,13,15-16H,9-12,22H2,1-3H3,(H,23,27)(H,25,31)/t15-,16-/m0/s1. The highest BCUT2D eigenvalue weighted by Crippen LogP contribution is 2.21. The second kappa shape index (κ2) is 13.4. The summed E-state index contributed by atoms with van der Waals surface area (Å²) in [5.74, 6) is -0.313. The molecule has 0 bridgehead atoms. The van der Waals surface area contributed by atoms with Gasteiger partial charge >= 0.3 is 6.09 Å². The van der Waals surface area contributed by atoms with Crippen LogP contribution in [0, 0.1) is 9.87 Å². The predicted molar refractivity (Wildman–Crippen MR) is 134 cm³/mol. The van der Waals surface area contributed by atoms with Crippen LogP contribution in [0.25, 0.3) is 0 Å². The second-order valence-electron chi connectivity index (χ2n) is 7.69. The monoisotopic (exact) mass is 511 g/mol. The van der Waals surface area contributed by atoms with Crippen LogP contribution in [0.2, 0.25) is 0 Å². The topological polar surface area (TPSA) is 130 Å². The Kier molecular flexibility index (Phi) is 11.0. The summed E-state index contributed by atoms with van der Waals surface area (Å²) >= 11 is 7.54. The highest BCUT2D eigenvalue weighted by atomic mass is 32.2. The molecule has 4 N–H and O–H groups in total.